The van der Waals surface area contributed by atoms with Gasteiger partial charge in [0.25, 0.3) is 0 Å². The summed E-state index contributed by atoms with van der Waals surface area (Å²) in [5, 5.41) is 0. The largest absolute Gasteiger partial charge is 0.493 e. The van der Waals surface area contributed by atoms with E-state index in [0.29, 0.717) is 30.4 Å². The highest BCUT2D eigenvalue weighted by Crippen LogP contribution is 2.30. The molecule has 5 nitrogen and oxygen atoms in total. The van der Waals surface area contributed by atoms with Crippen molar-refractivity contribution in [3.8, 4) is 5.75 Å². The lowest BCUT2D eigenvalue weighted by Crippen LogP contribution is -2.47. The van der Waals surface area contributed by atoms with Crippen molar-refractivity contribution in [1.29, 1.82) is 0 Å². The smallest absolute Gasteiger partial charge is 0.226 e. The number of fused-ring (bicyclic) bond motifs is 1. The first-order chi connectivity index (χ1) is 12.2. The van der Waals surface area contributed by atoms with Crippen LogP contribution in [0.3, 0.4) is 0 Å². The van der Waals surface area contributed by atoms with E-state index < -0.39 is 0 Å². The number of hydrazine groups is 1. The summed E-state index contributed by atoms with van der Waals surface area (Å²) in [4.78, 5) is 15.1. The monoisotopic (exact) mass is 343 g/mol. The molecule has 2 saturated heterocycles. The molecule has 0 radical (unpaired) electrons. The molecule has 1 aromatic rings. The Hall–Kier alpha value is -1.59. The summed E-state index contributed by atoms with van der Waals surface area (Å²) >= 11 is 0. The molecule has 0 aromatic heterocycles. The molecule has 3 unspecified atom stereocenters. The van der Waals surface area contributed by atoms with Crippen molar-refractivity contribution in [2.75, 3.05) is 26.2 Å². The first kappa shape index (κ1) is 16.9. The maximum Gasteiger partial charge on any atom is 0.226 e. The number of carbonyl (C=O) groups excluding carboxylic acids is 1. The zero-order chi connectivity index (χ0) is 17.2. The van der Waals surface area contributed by atoms with Gasteiger partial charge in [0.2, 0.25) is 5.91 Å². The third-order valence-electron chi connectivity index (χ3n) is 6.18. The molecule has 2 fully saturated rings. The Morgan fingerprint density at radius 1 is 1.20 bits per heavy atom. The number of nitrogens with zero attached hydrogens (tertiary/aromatic N) is 1. The van der Waals surface area contributed by atoms with Crippen LogP contribution in [0.1, 0.15) is 31.7 Å². The number of ether oxygens (including phenoxy) is 1. The number of nitrogens with one attached hydrogen (secondary N) is 2. The van der Waals surface area contributed by atoms with Gasteiger partial charge < -0.3 is 9.64 Å². The SMILES string of the molecule is CC1CNNC1C1CCN(C(=O)C2CCOc3ccccc3C2)CC1. The Bertz CT molecular complexity index is 613. The number of para-hydroxylation sites is 1. The zero-order valence-electron chi connectivity index (χ0n) is 15.0. The lowest BCUT2D eigenvalue weighted by atomic mass is 9.83. The number of carbonyl (C=O) groups is 1. The fourth-order valence-corrected chi connectivity index (χ4v) is 4.63. The van der Waals surface area contributed by atoms with Gasteiger partial charge in [0.15, 0.2) is 0 Å². The predicted octanol–water partition coefficient (Wildman–Crippen LogP) is 1.98. The van der Waals surface area contributed by atoms with Gasteiger partial charge in [-0.1, -0.05) is 25.1 Å². The first-order valence-electron chi connectivity index (χ1n) is 9.70. The quantitative estimate of drug-likeness (QED) is 0.862. The van der Waals surface area contributed by atoms with Crippen LogP contribution in [0.2, 0.25) is 0 Å². The number of benzene rings is 1. The third-order valence-corrected chi connectivity index (χ3v) is 6.18. The van der Waals surface area contributed by atoms with E-state index in [1.165, 1.54) is 5.56 Å². The second-order valence-electron chi connectivity index (χ2n) is 7.84. The van der Waals surface area contributed by atoms with Gasteiger partial charge in [-0.2, -0.15) is 0 Å². The van der Waals surface area contributed by atoms with Crippen LogP contribution in [0.15, 0.2) is 24.3 Å². The Labute approximate surface area is 150 Å². The minimum absolute atomic E-state index is 0.0606. The molecule has 0 bridgehead atoms. The van der Waals surface area contributed by atoms with Gasteiger partial charge in [-0.15, -0.1) is 0 Å². The lowest BCUT2D eigenvalue weighted by molar-refractivity contribution is -0.137. The summed E-state index contributed by atoms with van der Waals surface area (Å²) in [5.74, 6) is 2.68. The Balaban J connectivity index is 1.36. The summed E-state index contributed by atoms with van der Waals surface area (Å²) in [7, 11) is 0. The summed E-state index contributed by atoms with van der Waals surface area (Å²) in [6, 6.07) is 8.68. The zero-order valence-corrected chi connectivity index (χ0v) is 15.0. The average molecular weight is 343 g/mol. The van der Waals surface area contributed by atoms with Gasteiger partial charge in [-0.25, -0.2) is 0 Å². The van der Waals surface area contributed by atoms with Gasteiger partial charge in [0.05, 0.1) is 6.61 Å². The molecule has 3 heterocycles. The van der Waals surface area contributed by atoms with E-state index in [4.69, 9.17) is 4.74 Å². The van der Waals surface area contributed by atoms with Gasteiger partial charge in [-0.05, 0) is 49.1 Å². The number of amides is 1. The second kappa shape index (κ2) is 7.34. The molecule has 25 heavy (non-hydrogen) atoms. The molecule has 2 N–H and O–H groups in total. The minimum Gasteiger partial charge on any atom is -0.493 e. The highest BCUT2D eigenvalue weighted by molar-refractivity contribution is 5.79. The Morgan fingerprint density at radius 2 is 2.00 bits per heavy atom. The van der Waals surface area contributed by atoms with Crippen molar-refractivity contribution in [2.24, 2.45) is 17.8 Å². The van der Waals surface area contributed by atoms with Crippen LogP contribution in [0.25, 0.3) is 0 Å². The highest BCUT2D eigenvalue weighted by atomic mass is 16.5. The van der Waals surface area contributed by atoms with E-state index >= 15 is 0 Å². The standard InChI is InChI=1S/C20H29N3O2/c1-14-13-21-22-19(14)15-6-9-23(10-7-15)20(24)17-8-11-25-18-5-3-2-4-16(18)12-17/h2-5,14-15,17,19,21-22H,6-13H2,1H3. The maximum atomic E-state index is 13.1. The number of hydrogen-bond donors (Lipinski definition) is 2. The summed E-state index contributed by atoms with van der Waals surface area (Å²) in [5.41, 5.74) is 7.88. The molecular weight excluding hydrogens is 314 g/mol. The van der Waals surface area contributed by atoms with Crippen molar-refractivity contribution in [3.63, 3.8) is 0 Å². The molecule has 3 aliphatic rings. The van der Waals surface area contributed by atoms with Crippen molar-refractivity contribution in [3.05, 3.63) is 29.8 Å². The molecule has 1 aromatic carbocycles. The van der Waals surface area contributed by atoms with E-state index in [1.807, 2.05) is 18.2 Å². The normalized spacial score (nSPS) is 30.4. The molecule has 136 valence electrons. The van der Waals surface area contributed by atoms with E-state index in [0.717, 1.165) is 51.1 Å². The lowest BCUT2D eigenvalue weighted by Gasteiger charge is -2.37. The topological polar surface area (TPSA) is 53.6 Å². The van der Waals surface area contributed by atoms with E-state index in [-0.39, 0.29) is 5.92 Å². The Morgan fingerprint density at radius 3 is 2.76 bits per heavy atom. The maximum absolute atomic E-state index is 13.1. The molecule has 1 amide bonds. The van der Waals surface area contributed by atoms with Crippen LogP contribution in [0.5, 0.6) is 5.75 Å². The predicted molar refractivity (Wildman–Crippen MR) is 97.1 cm³/mol. The molecular formula is C20H29N3O2. The fourth-order valence-electron chi connectivity index (χ4n) is 4.63. The van der Waals surface area contributed by atoms with Crippen molar-refractivity contribution in [2.45, 2.75) is 38.6 Å². The summed E-state index contributed by atoms with van der Waals surface area (Å²) < 4.78 is 5.83. The number of rotatable bonds is 2. The van der Waals surface area contributed by atoms with Crippen LogP contribution in [0.4, 0.5) is 0 Å². The van der Waals surface area contributed by atoms with Crippen LogP contribution in [0, 0.1) is 17.8 Å². The number of hydrogen-bond acceptors (Lipinski definition) is 4. The fraction of sp³-hybridized carbons (Fsp3) is 0.650. The molecule has 4 rings (SSSR count). The second-order valence-corrected chi connectivity index (χ2v) is 7.84. The molecule has 5 heteroatoms. The average Bonchev–Trinajstić information content (AvgIpc) is 2.95. The number of likely N-dealkylation sites (tertiary alicyclic amines) is 1. The molecule has 0 spiro atoms. The minimum atomic E-state index is 0.0606. The molecule has 3 aliphatic heterocycles. The van der Waals surface area contributed by atoms with E-state index in [2.05, 4.69) is 28.7 Å². The Kier molecular flexibility index (Phi) is 4.95. The van der Waals surface area contributed by atoms with Crippen molar-refractivity contribution >= 4 is 5.91 Å². The molecule has 0 aliphatic carbocycles. The molecule has 3 atom stereocenters. The van der Waals surface area contributed by atoms with E-state index in [9.17, 15) is 4.79 Å². The summed E-state index contributed by atoms with van der Waals surface area (Å²) in [6.45, 7) is 5.78. The van der Waals surface area contributed by atoms with Crippen molar-refractivity contribution in [1.82, 2.24) is 15.8 Å². The highest BCUT2D eigenvalue weighted by Gasteiger charge is 2.35. The summed E-state index contributed by atoms with van der Waals surface area (Å²) in [6.07, 6.45) is 3.84. The third kappa shape index (κ3) is 3.53. The van der Waals surface area contributed by atoms with Crippen LogP contribution in [-0.4, -0.2) is 43.1 Å². The van der Waals surface area contributed by atoms with Crippen LogP contribution >= 0.6 is 0 Å². The van der Waals surface area contributed by atoms with Gasteiger partial charge in [0, 0.05) is 31.6 Å². The van der Waals surface area contributed by atoms with Crippen LogP contribution in [-0.2, 0) is 11.2 Å². The van der Waals surface area contributed by atoms with Gasteiger partial charge in [-0.3, -0.25) is 15.6 Å². The number of piperidine rings is 1. The van der Waals surface area contributed by atoms with Gasteiger partial charge in [0.1, 0.15) is 5.75 Å². The van der Waals surface area contributed by atoms with Crippen molar-refractivity contribution < 1.29 is 9.53 Å². The van der Waals surface area contributed by atoms with E-state index in [1.54, 1.807) is 0 Å². The first-order valence-corrected chi connectivity index (χ1v) is 9.70. The van der Waals surface area contributed by atoms with Gasteiger partial charge >= 0.3 is 0 Å². The van der Waals surface area contributed by atoms with Crippen LogP contribution < -0.4 is 15.6 Å². The molecule has 0 saturated carbocycles.